The second-order valence-corrected chi connectivity index (χ2v) is 7.91. The van der Waals surface area contributed by atoms with Crippen LogP contribution in [0.25, 0.3) is 16.3 Å². The van der Waals surface area contributed by atoms with Crippen molar-refractivity contribution in [1.82, 2.24) is 0 Å². The predicted molar refractivity (Wildman–Crippen MR) is 120 cm³/mol. The number of fused-ring (bicyclic) bond motifs is 2. The summed E-state index contributed by atoms with van der Waals surface area (Å²) >= 11 is 0. The Bertz CT molecular complexity index is 1100. The van der Waals surface area contributed by atoms with Crippen LogP contribution in [0.2, 0.25) is 0 Å². The third-order valence-electron chi connectivity index (χ3n) is 5.68. The van der Waals surface area contributed by atoms with Gasteiger partial charge >= 0.3 is 0 Å². The van der Waals surface area contributed by atoms with Gasteiger partial charge in [0.2, 0.25) is 0 Å². The van der Waals surface area contributed by atoms with E-state index < -0.39 is 0 Å². The molecule has 28 heavy (non-hydrogen) atoms. The second kappa shape index (κ2) is 6.83. The summed E-state index contributed by atoms with van der Waals surface area (Å²) in [5, 5.41) is 2.34. The van der Waals surface area contributed by atoms with E-state index in [9.17, 15) is 0 Å². The highest BCUT2D eigenvalue weighted by Gasteiger charge is 2.29. The Hall–Kier alpha value is -3.07. The van der Waals surface area contributed by atoms with Crippen molar-refractivity contribution in [2.75, 3.05) is 19.1 Å². The monoisotopic (exact) mass is 370 g/mol. The Morgan fingerprint density at radius 1 is 1.04 bits per heavy atom. The van der Waals surface area contributed by atoms with E-state index >= 15 is 0 Å². The van der Waals surface area contributed by atoms with Crippen LogP contribution in [0.15, 0.2) is 65.7 Å². The number of rotatable bonds is 3. The number of allylic oxidation sites excluding steroid dienone is 1. The highest BCUT2D eigenvalue weighted by atomic mass is 16.5. The zero-order chi connectivity index (χ0) is 19.9. The van der Waals surface area contributed by atoms with Crippen molar-refractivity contribution in [3.05, 3.63) is 71.8 Å². The van der Waals surface area contributed by atoms with Crippen LogP contribution in [0, 0.1) is 0 Å². The summed E-state index contributed by atoms with van der Waals surface area (Å²) < 4.78 is 5.70. The Kier molecular flexibility index (Phi) is 4.46. The summed E-state index contributed by atoms with van der Waals surface area (Å²) in [6.45, 7) is 6.62. The van der Waals surface area contributed by atoms with Crippen LogP contribution in [0.4, 0.5) is 11.4 Å². The minimum Gasteiger partial charge on any atom is -0.496 e. The first-order valence-electron chi connectivity index (χ1n) is 9.58. The molecule has 4 rings (SSSR count). The molecule has 1 aliphatic heterocycles. The molecule has 0 unspecified atom stereocenters. The summed E-state index contributed by atoms with van der Waals surface area (Å²) in [5.74, 6) is 0.833. The zero-order valence-corrected chi connectivity index (χ0v) is 17.2. The molecule has 0 saturated heterocycles. The SMILES string of the molecule is COc1cc2c(cc1C=Nc1cccc3ccccc13)C(C)=CC(C)(C)N2C. The molecule has 142 valence electrons. The molecule has 0 aliphatic carbocycles. The zero-order valence-electron chi connectivity index (χ0n) is 17.2. The van der Waals surface area contributed by atoms with E-state index in [1.54, 1.807) is 7.11 Å². The molecule has 3 aromatic rings. The topological polar surface area (TPSA) is 24.8 Å². The maximum Gasteiger partial charge on any atom is 0.129 e. The number of benzene rings is 3. The maximum absolute atomic E-state index is 5.70. The van der Waals surface area contributed by atoms with Gasteiger partial charge < -0.3 is 9.64 Å². The lowest BCUT2D eigenvalue weighted by Crippen LogP contribution is -2.42. The maximum atomic E-state index is 5.70. The van der Waals surface area contributed by atoms with Gasteiger partial charge in [0.05, 0.1) is 18.3 Å². The summed E-state index contributed by atoms with van der Waals surface area (Å²) in [6.07, 6.45) is 4.22. The smallest absolute Gasteiger partial charge is 0.129 e. The quantitative estimate of drug-likeness (QED) is 0.511. The van der Waals surface area contributed by atoms with Crippen molar-refractivity contribution in [1.29, 1.82) is 0 Å². The molecule has 0 radical (unpaired) electrons. The first-order valence-corrected chi connectivity index (χ1v) is 9.58. The molecule has 0 N–H and O–H groups in total. The van der Waals surface area contributed by atoms with Gasteiger partial charge in [0.25, 0.3) is 0 Å². The number of ether oxygens (including phenoxy) is 1. The normalized spacial score (nSPS) is 15.6. The van der Waals surface area contributed by atoms with Gasteiger partial charge in [-0.25, -0.2) is 0 Å². The third kappa shape index (κ3) is 3.07. The lowest BCUT2D eigenvalue weighted by molar-refractivity contribution is 0.414. The van der Waals surface area contributed by atoms with Gasteiger partial charge in [-0.15, -0.1) is 0 Å². The molecule has 3 aromatic carbocycles. The van der Waals surface area contributed by atoms with Gasteiger partial charge in [-0.1, -0.05) is 42.5 Å². The van der Waals surface area contributed by atoms with Gasteiger partial charge in [-0.05, 0) is 43.9 Å². The van der Waals surface area contributed by atoms with E-state index in [4.69, 9.17) is 9.73 Å². The number of nitrogens with zero attached hydrogens (tertiary/aromatic N) is 2. The van der Waals surface area contributed by atoms with Crippen LogP contribution in [0.3, 0.4) is 0 Å². The van der Waals surface area contributed by atoms with E-state index in [0.717, 1.165) is 22.4 Å². The number of likely N-dealkylation sites (N-methyl/N-ethyl adjacent to an activating group) is 1. The van der Waals surface area contributed by atoms with Crippen molar-refractivity contribution >= 4 is 33.9 Å². The molecule has 0 amide bonds. The Morgan fingerprint density at radius 3 is 2.57 bits per heavy atom. The molecule has 3 heteroatoms. The lowest BCUT2D eigenvalue weighted by Gasteiger charge is -2.40. The second-order valence-electron chi connectivity index (χ2n) is 7.91. The van der Waals surface area contributed by atoms with Gasteiger partial charge in [0.1, 0.15) is 5.75 Å². The van der Waals surface area contributed by atoms with E-state index in [-0.39, 0.29) is 5.54 Å². The molecule has 0 bridgehead atoms. The Balaban J connectivity index is 1.81. The number of hydrogen-bond acceptors (Lipinski definition) is 3. The van der Waals surface area contributed by atoms with E-state index in [0.29, 0.717) is 0 Å². The average Bonchev–Trinajstić information content (AvgIpc) is 2.69. The van der Waals surface area contributed by atoms with Crippen molar-refractivity contribution in [3.63, 3.8) is 0 Å². The first-order chi connectivity index (χ1) is 13.4. The number of hydrogen-bond donors (Lipinski definition) is 0. The number of aliphatic imine (C=N–C) groups is 1. The summed E-state index contributed by atoms with van der Waals surface area (Å²) in [5.41, 5.74) is 5.60. The fourth-order valence-electron chi connectivity index (χ4n) is 3.93. The van der Waals surface area contributed by atoms with Crippen LogP contribution < -0.4 is 9.64 Å². The molecule has 1 heterocycles. The molecular formula is C25H26N2O. The molecule has 0 spiro atoms. The van der Waals surface area contributed by atoms with Crippen LogP contribution >= 0.6 is 0 Å². The van der Waals surface area contributed by atoms with E-state index in [1.165, 1.54) is 22.2 Å². The van der Waals surface area contributed by atoms with Crippen LogP contribution in [0.5, 0.6) is 5.75 Å². The summed E-state index contributed by atoms with van der Waals surface area (Å²) in [4.78, 5) is 7.09. The predicted octanol–water partition coefficient (Wildman–Crippen LogP) is 6.23. The summed E-state index contributed by atoms with van der Waals surface area (Å²) in [7, 11) is 3.85. The molecule has 1 aliphatic rings. The summed E-state index contributed by atoms with van der Waals surface area (Å²) in [6, 6.07) is 18.8. The first kappa shape index (κ1) is 18.3. The minimum atomic E-state index is -0.0271. The fraction of sp³-hybridized carbons (Fsp3) is 0.240. The standard InChI is InChI=1S/C25H26N2O/c1-17-15-25(2,3)27(4)23-14-24(28-5)19(13-21(17)23)16-26-22-12-8-10-18-9-6-7-11-20(18)22/h6-16H,1-5H3. The molecular weight excluding hydrogens is 344 g/mol. The van der Waals surface area contributed by atoms with Gasteiger partial charge in [0, 0.05) is 41.5 Å². The number of anilines is 1. The molecule has 0 aromatic heterocycles. The molecule has 0 fully saturated rings. The fourth-order valence-corrected chi connectivity index (χ4v) is 3.93. The minimum absolute atomic E-state index is 0.0271. The Morgan fingerprint density at radius 2 is 1.79 bits per heavy atom. The van der Waals surface area contributed by atoms with Crippen LogP contribution in [0.1, 0.15) is 31.9 Å². The highest BCUT2D eigenvalue weighted by molar-refractivity contribution is 5.97. The van der Waals surface area contributed by atoms with Crippen LogP contribution in [-0.4, -0.2) is 25.9 Å². The number of methoxy groups -OCH3 is 1. The van der Waals surface area contributed by atoms with Crippen molar-refractivity contribution in [3.8, 4) is 5.75 Å². The van der Waals surface area contributed by atoms with Crippen molar-refractivity contribution in [2.45, 2.75) is 26.3 Å². The lowest BCUT2D eigenvalue weighted by atomic mass is 9.88. The van der Waals surface area contributed by atoms with E-state index in [1.807, 2.05) is 24.4 Å². The van der Waals surface area contributed by atoms with Crippen molar-refractivity contribution in [2.24, 2.45) is 4.99 Å². The highest BCUT2D eigenvalue weighted by Crippen LogP contribution is 2.41. The van der Waals surface area contributed by atoms with E-state index in [2.05, 4.69) is 75.2 Å². The average molecular weight is 370 g/mol. The van der Waals surface area contributed by atoms with Gasteiger partial charge in [0.15, 0.2) is 0 Å². The van der Waals surface area contributed by atoms with Crippen molar-refractivity contribution < 1.29 is 4.74 Å². The largest absolute Gasteiger partial charge is 0.496 e. The van der Waals surface area contributed by atoms with Gasteiger partial charge in [-0.3, -0.25) is 4.99 Å². The van der Waals surface area contributed by atoms with Crippen LogP contribution in [-0.2, 0) is 0 Å². The molecule has 3 nitrogen and oxygen atoms in total. The third-order valence-corrected chi connectivity index (χ3v) is 5.68. The molecule has 0 atom stereocenters. The Labute approximate surface area is 167 Å². The van der Waals surface area contributed by atoms with Gasteiger partial charge in [-0.2, -0.15) is 0 Å². The molecule has 0 saturated carbocycles.